The van der Waals surface area contributed by atoms with Gasteiger partial charge in [0.05, 0.1) is 7.11 Å². The third kappa shape index (κ3) is 5.76. The molecule has 1 aromatic rings. The summed E-state index contributed by atoms with van der Waals surface area (Å²) in [5, 5.41) is 7.33. The van der Waals surface area contributed by atoms with Gasteiger partial charge in [0.15, 0.2) is 10.8 Å². The molecular weight excluding hydrogens is 456 g/mol. The fourth-order valence-corrected chi connectivity index (χ4v) is 6.23. The molecule has 2 aliphatic carbocycles. The number of rotatable bonds is 8. The van der Waals surface area contributed by atoms with E-state index in [0.29, 0.717) is 18.8 Å². The summed E-state index contributed by atoms with van der Waals surface area (Å²) in [7, 11) is 1.27. The van der Waals surface area contributed by atoms with Gasteiger partial charge in [-0.25, -0.2) is 19.5 Å². The van der Waals surface area contributed by atoms with Crippen LogP contribution in [0.2, 0.25) is 0 Å². The standard InChI is InChI=1S/C24H34N4O5S/c1-33-22(31)18-14-34-23(25-18)27-20(29)19(13-16-10-6-3-7-11-16)28-21(30)17(26-24(28)32)12-15-8-4-2-5-9-15/h14-17,19H,2-13H2,1H3,(H,26,32)(H,25,27,29). The van der Waals surface area contributed by atoms with E-state index in [4.69, 9.17) is 0 Å². The second-order valence-corrected chi connectivity index (χ2v) is 10.6. The molecule has 2 heterocycles. The number of urea groups is 1. The fraction of sp³-hybridized carbons (Fsp3) is 0.708. The molecule has 0 aromatic carbocycles. The van der Waals surface area contributed by atoms with Crippen molar-refractivity contribution in [1.82, 2.24) is 15.2 Å². The number of anilines is 1. The Morgan fingerprint density at radius 1 is 1.12 bits per heavy atom. The Kier molecular flexibility index (Phi) is 8.18. The Bertz CT molecular complexity index is 907. The van der Waals surface area contributed by atoms with Crippen LogP contribution in [-0.2, 0) is 14.3 Å². The number of imide groups is 1. The van der Waals surface area contributed by atoms with E-state index in [1.165, 1.54) is 25.3 Å². The average molecular weight is 491 g/mol. The van der Waals surface area contributed by atoms with Gasteiger partial charge in [-0.05, 0) is 24.7 Å². The highest BCUT2D eigenvalue weighted by Crippen LogP contribution is 2.32. The van der Waals surface area contributed by atoms with Gasteiger partial charge < -0.3 is 15.4 Å². The zero-order chi connectivity index (χ0) is 24.1. The zero-order valence-corrected chi connectivity index (χ0v) is 20.5. The number of carbonyl (C=O) groups is 4. The Hall–Kier alpha value is -2.49. The minimum Gasteiger partial charge on any atom is -0.464 e. The third-order valence-corrected chi connectivity index (χ3v) is 8.13. The van der Waals surface area contributed by atoms with E-state index < -0.39 is 30.0 Å². The van der Waals surface area contributed by atoms with Gasteiger partial charge in [-0.2, -0.15) is 0 Å². The number of esters is 1. The molecule has 0 radical (unpaired) electrons. The monoisotopic (exact) mass is 490 g/mol. The van der Waals surface area contributed by atoms with Gasteiger partial charge in [-0.1, -0.05) is 64.2 Å². The lowest BCUT2D eigenvalue weighted by Crippen LogP contribution is -2.49. The predicted molar refractivity (Wildman–Crippen MR) is 127 cm³/mol. The molecule has 3 fully saturated rings. The lowest BCUT2D eigenvalue weighted by Gasteiger charge is -2.30. The second kappa shape index (κ2) is 11.3. The highest BCUT2D eigenvalue weighted by Gasteiger charge is 2.46. The largest absolute Gasteiger partial charge is 0.464 e. The lowest BCUT2D eigenvalue weighted by atomic mass is 9.83. The van der Waals surface area contributed by atoms with Gasteiger partial charge in [0, 0.05) is 5.38 Å². The quantitative estimate of drug-likeness (QED) is 0.418. The second-order valence-electron chi connectivity index (χ2n) is 9.72. The number of hydrogen-bond donors (Lipinski definition) is 2. The van der Waals surface area contributed by atoms with Crippen LogP contribution in [0.25, 0.3) is 0 Å². The number of thiazole rings is 1. The van der Waals surface area contributed by atoms with Gasteiger partial charge >= 0.3 is 12.0 Å². The first-order chi connectivity index (χ1) is 16.5. The lowest BCUT2D eigenvalue weighted by molar-refractivity contribution is -0.134. The molecule has 186 valence electrons. The molecule has 1 aromatic heterocycles. The van der Waals surface area contributed by atoms with Gasteiger partial charge in [-0.3, -0.25) is 9.59 Å². The Morgan fingerprint density at radius 3 is 2.41 bits per heavy atom. The van der Waals surface area contributed by atoms with E-state index in [1.807, 2.05) is 0 Å². The van der Waals surface area contributed by atoms with Crippen LogP contribution in [0.3, 0.4) is 0 Å². The summed E-state index contributed by atoms with van der Waals surface area (Å²) in [6.07, 6.45) is 12.1. The molecule has 2 N–H and O–H groups in total. The fourth-order valence-electron chi connectivity index (χ4n) is 5.55. The van der Waals surface area contributed by atoms with Crippen molar-refractivity contribution in [3.8, 4) is 0 Å². The van der Waals surface area contributed by atoms with Crippen LogP contribution in [0, 0.1) is 11.8 Å². The summed E-state index contributed by atoms with van der Waals surface area (Å²) in [4.78, 5) is 56.6. The predicted octanol–water partition coefficient (Wildman–Crippen LogP) is 4.10. The van der Waals surface area contributed by atoms with E-state index in [0.717, 1.165) is 67.6 Å². The summed E-state index contributed by atoms with van der Waals surface area (Å²) in [5.41, 5.74) is 0.106. The number of carbonyl (C=O) groups excluding carboxylic acids is 4. The molecule has 34 heavy (non-hydrogen) atoms. The first-order valence-electron chi connectivity index (χ1n) is 12.4. The van der Waals surface area contributed by atoms with Crippen molar-refractivity contribution in [2.75, 3.05) is 12.4 Å². The number of nitrogens with zero attached hydrogens (tertiary/aromatic N) is 2. The maximum Gasteiger partial charge on any atom is 0.357 e. The molecule has 2 unspecified atom stereocenters. The average Bonchev–Trinajstić information content (AvgIpc) is 3.42. The van der Waals surface area contributed by atoms with Gasteiger partial charge in [0.2, 0.25) is 5.91 Å². The highest BCUT2D eigenvalue weighted by atomic mass is 32.1. The first kappa shape index (κ1) is 24.6. The molecule has 2 atom stereocenters. The Balaban J connectivity index is 1.49. The molecule has 0 spiro atoms. The van der Waals surface area contributed by atoms with Crippen LogP contribution >= 0.6 is 11.3 Å². The SMILES string of the molecule is COC(=O)c1csc(NC(=O)C(CC2CCCCC2)N2C(=O)NC(CC3CCCCC3)C2=O)n1. The molecule has 9 nitrogen and oxygen atoms in total. The number of nitrogens with one attached hydrogen (secondary N) is 2. The topological polar surface area (TPSA) is 118 Å². The van der Waals surface area contributed by atoms with Crippen LogP contribution < -0.4 is 10.6 Å². The Labute approximate surface area is 204 Å². The molecule has 10 heteroatoms. The van der Waals surface area contributed by atoms with Crippen LogP contribution in [-0.4, -0.2) is 52.9 Å². The van der Waals surface area contributed by atoms with Crippen molar-refractivity contribution < 1.29 is 23.9 Å². The highest BCUT2D eigenvalue weighted by molar-refractivity contribution is 7.14. The number of hydrogen-bond acceptors (Lipinski definition) is 7. The van der Waals surface area contributed by atoms with Gasteiger partial charge in [-0.15, -0.1) is 11.3 Å². The normalized spacial score (nSPS) is 23.0. The van der Waals surface area contributed by atoms with Crippen molar-refractivity contribution >= 4 is 40.3 Å². The molecule has 1 saturated heterocycles. The van der Waals surface area contributed by atoms with Gasteiger partial charge in [0.1, 0.15) is 12.1 Å². The van der Waals surface area contributed by atoms with Crippen LogP contribution in [0.15, 0.2) is 5.38 Å². The number of ether oxygens (including phenoxy) is 1. The van der Waals surface area contributed by atoms with Crippen LogP contribution in [0.4, 0.5) is 9.93 Å². The molecule has 2 saturated carbocycles. The number of methoxy groups -OCH3 is 1. The molecular formula is C24H34N4O5S. The number of aromatic nitrogens is 1. The van der Waals surface area contributed by atoms with Crippen molar-refractivity contribution in [3.63, 3.8) is 0 Å². The first-order valence-corrected chi connectivity index (χ1v) is 13.3. The van der Waals surface area contributed by atoms with Gasteiger partial charge in [0.25, 0.3) is 5.91 Å². The van der Waals surface area contributed by atoms with Crippen molar-refractivity contribution in [3.05, 3.63) is 11.1 Å². The summed E-state index contributed by atoms with van der Waals surface area (Å²) in [6, 6.07) is -1.96. The zero-order valence-electron chi connectivity index (χ0n) is 19.7. The molecule has 4 rings (SSSR count). The minimum absolute atomic E-state index is 0.106. The number of amides is 4. The summed E-state index contributed by atoms with van der Waals surface area (Å²) < 4.78 is 4.67. The maximum absolute atomic E-state index is 13.4. The van der Waals surface area contributed by atoms with Crippen LogP contribution in [0.1, 0.15) is 87.5 Å². The van der Waals surface area contributed by atoms with E-state index in [2.05, 4.69) is 20.4 Å². The van der Waals surface area contributed by atoms with E-state index >= 15 is 0 Å². The van der Waals surface area contributed by atoms with Crippen LogP contribution in [0.5, 0.6) is 0 Å². The Morgan fingerprint density at radius 2 is 1.76 bits per heavy atom. The van der Waals surface area contributed by atoms with Crippen molar-refractivity contribution in [2.24, 2.45) is 11.8 Å². The molecule has 1 aliphatic heterocycles. The van der Waals surface area contributed by atoms with E-state index in [9.17, 15) is 19.2 Å². The van der Waals surface area contributed by atoms with Crippen molar-refractivity contribution in [1.29, 1.82) is 0 Å². The summed E-state index contributed by atoms with van der Waals surface area (Å²) in [5.74, 6) is -0.626. The van der Waals surface area contributed by atoms with E-state index in [1.54, 1.807) is 0 Å². The van der Waals surface area contributed by atoms with E-state index in [-0.39, 0.29) is 22.7 Å². The molecule has 4 amide bonds. The van der Waals surface area contributed by atoms with Crippen molar-refractivity contribution in [2.45, 2.75) is 89.1 Å². The molecule has 0 bridgehead atoms. The minimum atomic E-state index is -0.905. The smallest absolute Gasteiger partial charge is 0.357 e. The summed E-state index contributed by atoms with van der Waals surface area (Å²) >= 11 is 1.11. The maximum atomic E-state index is 13.4. The third-order valence-electron chi connectivity index (χ3n) is 7.37. The molecule has 3 aliphatic rings. The summed E-state index contributed by atoms with van der Waals surface area (Å²) in [6.45, 7) is 0.